The Kier molecular flexibility index (Phi) is 9.52. The topological polar surface area (TPSA) is 96.5 Å². The maximum atomic E-state index is 11.9. The van der Waals surface area contributed by atoms with Gasteiger partial charge in [0, 0.05) is 31.6 Å². The molecule has 0 spiro atoms. The number of carbonyl (C=O) groups is 1. The summed E-state index contributed by atoms with van der Waals surface area (Å²) in [5.74, 6) is -0.0821. The molecule has 1 heterocycles. The number of hydrogen-bond acceptors (Lipinski definition) is 5. The quantitative estimate of drug-likeness (QED) is 0.598. The monoisotopic (exact) mass is 405 g/mol. The SMILES string of the molecule is CC(C)NS(=O)(=O)Cc1ccc(CNC(=O)CC2COCCN2)cc1.Cl. The largest absolute Gasteiger partial charge is 0.378 e. The highest BCUT2D eigenvalue weighted by Gasteiger charge is 2.16. The van der Waals surface area contributed by atoms with Gasteiger partial charge in [0.05, 0.1) is 19.0 Å². The van der Waals surface area contributed by atoms with Gasteiger partial charge in [-0.25, -0.2) is 13.1 Å². The molecule has 1 fully saturated rings. The van der Waals surface area contributed by atoms with Gasteiger partial charge in [-0.3, -0.25) is 4.79 Å². The van der Waals surface area contributed by atoms with Crippen molar-refractivity contribution in [1.82, 2.24) is 15.4 Å². The molecular weight excluding hydrogens is 378 g/mol. The molecule has 1 atom stereocenters. The number of benzene rings is 1. The van der Waals surface area contributed by atoms with E-state index in [1.807, 2.05) is 12.1 Å². The Bertz CT molecular complexity index is 659. The van der Waals surface area contributed by atoms with E-state index in [1.54, 1.807) is 26.0 Å². The second-order valence-electron chi connectivity index (χ2n) is 6.55. The van der Waals surface area contributed by atoms with Gasteiger partial charge < -0.3 is 15.4 Å². The Morgan fingerprint density at radius 2 is 1.92 bits per heavy atom. The molecule has 26 heavy (non-hydrogen) atoms. The predicted molar refractivity (Wildman–Crippen MR) is 104 cm³/mol. The summed E-state index contributed by atoms with van der Waals surface area (Å²) in [4.78, 5) is 11.9. The van der Waals surface area contributed by atoms with Crippen molar-refractivity contribution in [3.63, 3.8) is 0 Å². The third-order valence-corrected chi connectivity index (χ3v) is 5.26. The van der Waals surface area contributed by atoms with Crippen molar-refractivity contribution in [2.24, 2.45) is 0 Å². The lowest BCUT2D eigenvalue weighted by Crippen LogP contribution is -2.44. The fourth-order valence-electron chi connectivity index (χ4n) is 2.62. The van der Waals surface area contributed by atoms with Gasteiger partial charge in [-0.15, -0.1) is 12.4 Å². The first-order valence-electron chi connectivity index (χ1n) is 8.50. The highest BCUT2D eigenvalue weighted by atomic mass is 35.5. The van der Waals surface area contributed by atoms with E-state index in [4.69, 9.17) is 4.74 Å². The first-order valence-corrected chi connectivity index (χ1v) is 10.1. The van der Waals surface area contributed by atoms with Gasteiger partial charge in [0.25, 0.3) is 0 Å². The minimum atomic E-state index is -3.33. The van der Waals surface area contributed by atoms with Crippen molar-refractivity contribution in [3.05, 3.63) is 35.4 Å². The molecule has 0 aromatic heterocycles. The van der Waals surface area contributed by atoms with Crippen LogP contribution >= 0.6 is 12.4 Å². The Hall–Kier alpha value is -1.19. The summed E-state index contributed by atoms with van der Waals surface area (Å²) >= 11 is 0. The molecule has 9 heteroatoms. The molecule has 1 unspecified atom stereocenters. The molecule has 1 saturated heterocycles. The number of morpholine rings is 1. The average Bonchev–Trinajstić information content (AvgIpc) is 2.53. The molecule has 3 N–H and O–H groups in total. The molecule has 1 aliphatic rings. The number of hydrogen-bond donors (Lipinski definition) is 3. The number of rotatable bonds is 8. The van der Waals surface area contributed by atoms with Crippen LogP contribution in [-0.4, -0.2) is 46.2 Å². The van der Waals surface area contributed by atoms with Gasteiger partial charge in [0.15, 0.2) is 0 Å². The summed E-state index contributed by atoms with van der Waals surface area (Å²) < 4.78 is 31.7. The third kappa shape index (κ3) is 8.46. The van der Waals surface area contributed by atoms with Crippen molar-refractivity contribution in [2.45, 2.75) is 44.6 Å². The molecule has 1 amide bonds. The zero-order valence-corrected chi connectivity index (χ0v) is 16.8. The summed E-state index contributed by atoms with van der Waals surface area (Å²) in [6.07, 6.45) is 0.386. The van der Waals surface area contributed by atoms with E-state index in [1.165, 1.54) is 0 Å². The van der Waals surface area contributed by atoms with Crippen LogP contribution in [0.25, 0.3) is 0 Å². The number of ether oxygens (including phenoxy) is 1. The van der Waals surface area contributed by atoms with Crippen LogP contribution in [0.15, 0.2) is 24.3 Å². The lowest BCUT2D eigenvalue weighted by molar-refractivity contribution is -0.122. The molecule has 1 aromatic rings. The molecule has 0 bridgehead atoms. The molecule has 1 aliphatic heterocycles. The maximum Gasteiger partial charge on any atom is 0.221 e. The van der Waals surface area contributed by atoms with Crippen LogP contribution in [0.4, 0.5) is 0 Å². The van der Waals surface area contributed by atoms with Crippen molar-refractivity contribution in [3.8, 4) is 0 Å². The van der Waals surface area contributed by atoms with E-state index >= 15 is 0 Å². The molecule has 148 valence electrons. The first kappa shape index (κ1) is 22.9. The summed E-state index contributed by atoms with van der Waals surface area (Å²) in [5.41, 5.74) is 1.64. The van der Waals surface area contributed by atoms with Crippen molar-refractivity contribution in [2.75, 3.05) is 19.8 Å². The third-order valence-electron chi connectivity index (χ3n) is 3.71. The average molecular weight is 406 g/mol. The smallest absolute Gasteiger partial charge is 0.221 e. The Labute approximate surface area is 161 Å². The highest BCUT2D eigenvalue weighted by Crippen LogP contribution is 2.08. The predicted octanol–water partition coefficient (Wildman–Crippen LogP) is 0.931. The standard InChI is InChI=1S/C17H27N3O4S.ClH/c1-13(2)20-25(22,23)12-15-5-3-14(4-6-15)10-19-17(21)9-16-11-24-8-7-18-16;/h3-6,13,16,18,20H,7-12H2,1-2H3,(H,19,21);1H. The van der Waals surface area contributed by atoms with Crippen LogP contribution in [0.2, 0.25) is 0 Å². The summed E-state index contributed by atoms with van der Waals surface area (Å²) in [6, 6.07) is 7.17. The van der Waals surface area contributed by atoms with E-state index in [2.05, 4.69) is 15.4 Å². The normalized spacial score (nSPS) is 17.6. The number of amides is 1. The van der Waals surface area contributed by atoms with Crippen molar-refractivity contribution >= 4 is 28.3 Å². The van der Waals surface area contributed by atoms with E-state index in [-0.39, 0.29) is 36.2 Å². The maximum absolute atomic E-state index is 11.9. The van der Waals surface area contributed by atoms with Crippen molar-refractivity contribution in [1.29, 1.82) is 0 Å². The zero-order valence-electron chi connectivity index (χ0n) is 15.2. The van der Waals surface area contributed by atoms with E-state index in [0.29, 0.717) is 31.7 Å². The van der Waals surface area contributed by atoms with E-state index in [9.17, 15) is 13.2 Å². The summed E-state index contributed by atoms with van der Waals surface area (Å²) in [6.45, 7) is 6.02. The lowest BCUT2D eigenvalue weighted by Gasteiger charge is -2.23. The molecule has 1 aromatic carbocycles. The lowest BCUT2D eigenvalue weighted by atomic mass is 10.1. The fraction of sp³-hybridized carbons (Fsp3) is 0.588. The van der Waals surface area contributed by atoms with Crippen LogP contribution in [0, 0.1) is 0 Å². The minimum absolute atomic E-state index is 0. The summed E-state index contributed by atoms with van der Waals surface area (Å²) in [5, 5.41) is 6.12. The molecular formula is C17H28ClN3O4S. The number of nitrogens with one attached hydrogen (secondary N) is 3. The fourth-order valence-corrected chi connectivity index (χ4v) is 4.05. The minimum Gasteiger partial charge on any atom is -0.378 e. The van der Waals surface area contributed by atoms with Gasteiger partial charge in [-0.1, -0.05) is 24.3 Å². The molecule has 0 radical (unpaired) electrons. The number of halogens is 1. The van der Waals surface area contributed by atoms with Gasteiger partial charge in [0.1, 0.15) is 0 Å². The van der Waals surface area contributed by atoms with Crippen LogP contribution in [0.3, 0.4) is 0 Å². The molecule has 0 aliphatic carbocycles. The molecule has 2 rings (SSSR count). The number of sulfonamides is 1. The Morgan fingerprint density at radius 1 is 1.27 bits per heavy atom. The van der Waals surface area contributed by atoms with Crippen LogP contribution < -0.4 is 15.4 Å². The van der Waals surface area contributed by atoms with Crippen LogP contribution in [0.5, 0.6) is 0 Å². The zero-order chi connectivity index (χ0) is 18.3. The van der Waals surface area contributed by atoms with Crippen LogP contribution in [-0.2, 0) is 31.9 Å². The van der Waals surface area contributed by atoms with Gasteiger partial charge >= 0.3 is 0 Å². The first-order chi connectivity index (χ1) is 11.8. The second-order valence-corrected chi connectivity index (χ2v) is 8.31. The Morgan fingerprint density at radius 3 is 2.50 bits per heavy atom. The molecule has 7 nitrogen and oxygen atoms in total. The molecule has 0 saturated carbocycles. The second kappa shape index (κ2) is 10.8. The van der Waals surface area contributed by atoms with E-state index in [0.717, 1.165) is 12.1 Å². The Balaban J connectivity index is 0.00000338. The van der Waals surface area contributed by atoms with Gasteiger partial charge in [-0.05, 0) is 25.0 Å². The van der Waals surface area contributed by atoms with Gasteiger partial charge in [0.2, 0.25) is 15.9 Å². The van der Waals surface area contributed by atoms with E-state index < -0.39 is 10.0 Å². The highest BCUT2D eigenvalue weighted by molar-refractivity contribution is 7.88. The van der Waals surface area contributed by atoms with Crippen molar-refractivity contribution < 1.29 is 17.9 Å². The summed E-state index contributed by atoms with van der Waals surface area (Å²) in [7, 11) is -3.33. The van der Waals surface area contributed by atoms with Crippen LogP contribution in [0.1, 0.15) is 31.4 Å². The van der Waals surface area contributed by atoms with Gasteiger partial charge in [-0.2, -0.15) is 0 Å². The number of carbonyl (C=O) groups excluding carboxylic acids is 1.